The first kappa shape index (κ1) is 16.5. The molecule has 1 aromatic rings. The molecule has 1 fully saturated rings. The molecular formula is C16H19N3O4S. The van der Waals surface area contributed by atoms with Crippen LogP contribution < -0.4 is 14.8 Å². The molecule has 1 N–H and O–H groups in total. The molecule has 0 aromatic heterocycles. The van der Waals surface area contributed by atoms with Crippen molar-refractivity contribution >= 4 is 29.1 Å². The summed E-state index contributed by atoms with van der Waals surface area (Å²) in [6.45, 7) is 4.31. The van der Waals surface area contributed by atoms with Gasteiger partial charge in [0.1, 0.15) is 12.7 Å². The van der Waals surface area contributed by atoms with E-state index in [0.29, 0.717) is 23.2 Å². The summed E-state index contributed by atoms with van der Waals surface area (Å²) in [5.41, 5.74) is 0.781. The summed E-state index contributed by atoms with van der Waals surface area (Å²) in [6.07, 6.45) is 0.282. The number of hydrogen-bond donors (Lipinski definition) is 1. The second-order valence-electron chi connectivity index (χ2n) is 5.67. The van der Waals surface area contributed by atoms with Gasteiger partial charge >= 0.3 is 0 Å². The van der Waals surface area contributed by atoms with Crippen LogP contribution in [0, 0.1) is 0 Å². The number of hydrogen-bond acceptors (Lipinski definition) is 5. The number of fused-ring (bicyclic) bond motifs is 1. The summed E-state index contributed by atoms with van der Waals surface area (Å²) in [6, 6.07) is 5.43. The molecule has 1 atom stereocenters. The van der Waals surface area contributed by atoms with Crippen LogP contribution in [0.5, 0.6) is 11.5 Å². The molecule has 8 heteroatoms. The quantitative estimate of drug-likeness (QED) is 0.810. The maximum atomic E-state index is 12.2. The molecule has 0 spiro atoms. The third-order valence-electron chi connectivity index (χ3n) is 3.89. The zero-order valence-electron chi connectivity index (χ0n) is 13.6. The van der Waals surface area contributed by atoms with Crippen molar-refractivity contribution in [2.45, 2.75) is 26.4 Å². The molecule has 0 bridgehead atoms. The Morgan fingerprint density at radius 2 is 2.12 bits per heavy atom. The number of nitrogens with zero attached hydrogens (tertiary/aromatic N) is 2. The van der Waals surface area contributed by atoms with Crippen LogP contribution in [0.2, 0.25) is 0 Å². The number of ether oxygens (including phenoxy) is 2. The van der Waals surface area contributed by atoms with Crippen LogP contribution in [-0.2, 0) is 9.59 Å². The van der Waals surface area contributed by atoms with Gasteiger partial charge < -0.3 is 19.7 Å². The van der Waals surface area contributed by atoms with Gasteiger partial charge in [-0.25, -0.2) is 0 Å². The first-order chi connectivity index (χ1) is 11.5. The average Bonchev–Trinajstić information content (AvgIpc) is 3.11. The summed E-state index contributed by atoms with van der Waals surface area (Å²) in [5.74, 6) is 1.01. The van der Waals surface area contributed by atoms with Crippen LogP contribution in [0.3, 0.4) is 0 Å². The molecule has 128 valence electrons. The fraction of sp³-hybridized carbons (Fsp3) is 0.438. The first-order valence-electron chi connectivity index (χ1n) is 7.79. The van der Waals surface area contributed by atoms with E-state index in [1.165, 1.54) is 6.92 Å². The van der Waals surface area contributed by atoms with Gasteiger partial charge in [0.2, 0.25) is 18.6 Å². The number of thiocarbonyl (C=S) groups is 1. The van der Waals surface area contributed by atoms with Crippen molar-refractivity contribution in [3.63, 3.8) is 0 Å². The van der Waals surface area contributed by atoms with Crippen molar-refractivity contribution in [2.75, 3.05) is 19.9 Å². The van der Waals surface area contributed by atoms with E-state index < -0.39 is 6.17 Å². The van der Waals surface area contributed by atoms with Gasteiger partial charge in [0.15, 0.2) is 16.6 Å². The molecule has 2 heterocycles. The van der Waals surface area contributed by atoms with Gasteiger partial charge in [-0.2, -0.15) is 0 Å². The highest BCUT2D eigenvalue weighted by Gasteiger charge is 2.37. The summed E-state index contributed by atoms with van der Waals surface area (Å²) >= 11 is 5.46. The largest absolute Gasteiger partial charge is 0.454 e. The molecule has 7 nitrogen and oxygen atoms in total. The molecule has 2 aliphatic heterocycles. The van der Waals surface area contributed by atoms with E-state index in [4.69, 9.17) is 21.7 Å². The van der Waals surface area contributed by atoms with E-state index in [9.17, 15) is 9.59 Å². The molecule has 1 aromatic carbocycles. The Bertz CT molecular complexity index is 694. The summed E-state index contributed by atoms with van der Waals surface area (Å²) in [7, 11) is 0. The summed E-state index contributed by atoms with van der Waals surface area (Å²) in [4.78, 5) is 27.2. The number of carbonyl (C=O) groups excluding carboxylic acids is 2. The Morgan fingerprint density at radius 3 is 2.83 bits per heavy atom. The molecule has 2 amide bonds. The van der Waals surface area contributed by atoms with Gasteiger partial charge in [-0.15, -0.1) is 0 Å². The van der Waals surface area contributed by atoms with E-state index >= 15 is 0 Å². The topological polar surface area (TPSA) is 71.1 Å². The highest BCUT2D eigenvalue weighted by atomic mass is 32.1. The summed E-state index contributed by atoms with van der Waals surface area (Å²) in [5, 5.41) is 3.30. The minimum Gasteiger partial charge on any atom is -0.454 e. The van der Waals surface area contributed by atoms with E-state index in [-0.39, 0.29) is 25.2 Å². The molecule has 24 heavy (non-hydrogen) atoms. The van der Waals surface area contributed by atoms with E-state index in [2.05, 4.69) is 5.32 Å². The predicted octanol–water partition coefficient (Wildman–Crippen LogP) is 1.39. The highest BCUT2D eigenvalue weighted by Crippen LogP contribution is 2.35. The van der Waals surface area contributed by atoms with Gasteiger partial charge in [0.05, 0.1) is 0 Å². The van der Waals surface area contributed by atoms with E-state index in [1.807, 2.05) is 13.0 Å². The minimum absolute atomic E-state index is 0.0575. The second-order valence-corrected chi connectivity index (χ2v) is 6.04. The monoisotopic (exact) mass is 349 g/mol. The molecule has 0 saturated carbocycles. The van der Waals surface area contributed by atoms with E-state index in [0.717, 1.165) is 12.0 Å². The zero-order valence-corrected chi connectivity index (χ0v) is 14.4. The SMILES string of the molecule is CCCN1C(=O)CN(C(NC(C)=O)c2ccc3c(c2)OCO3)C1=S. The predicted molar refractivity (Wildman–Crippen MR) is 90.4 cm³/mol. The maximum absolute atomic E-state index is 12.2. The van der Waals surface area contributed by atoms with Crippen molar-refractivity contribution in [3.05, 3.63) is 23.8 Å². The molecule has 0 aliphatic carbocycles. The van der Waals surface area contributed by atoms with Crippen molar-refractivity contribution < 1.29 is 19.1 Å². The molecule has 3 rings (SSSR count). The normalized spacial score (nSPS) is 17.4. The number of carbonyl (C=O) groups is 2. The van der Waals surface area contributed by atoms with Crippen LogP contribution in [0.1, 0.15) is 32.0 Å². The van der Waals surface area contributed by atoms with Gasteiger partial charge in [-0.05, 0) is 36.3 Å². The fourth-order valence-electron chi connectivity index (χ4n) is 2.82. The van der Waals surface area contributed by atoms with Crippen LogP contribution in [0.25, 0.3) is 0 Å². The maximum Gasteiger partial charge on any atom is 0.248 e. The molecule has 0 radical (unpaired) electrons. The highest BCUT2D eigenvalue weighted by molar-refractivity contribution is 7.80. The Kier molecular flexibility index (Phi) is 4.57. The lowest BCUT2D eigenvalue weighted by Crippen LogP contribution is -2.43. The Labute approximate surface area is 145 Å². The van der Waals surface area contributed by atoms with Crippen LogP contribution in [0.15, 0.2) is 18.2 Å². The minimum atomic E-state index is -0.532. The number of rotatable bonds is 5. The molecule has 2 aliphatic rings. The molecule has 1 saturated heterocycles. The van der Waals surface area contributed by atoms with Gasteiger partial charge in [-0.3, -0.25) is 14.5 Å². The number of nitrogens with one attached hydrogen (secondary N) is 1. The lowest BCUT2D eigenvalue weighted by atomic mass is 10.1. The first-order valence-corrected chi connectivity index (χ1v) is 8.19. The number of benzene rings is 1. The Hall–Kier alpha value is -2.35. The lowest BCUT2D eigenvalue weighted by Gasteiger charge is -2.30. The lowest BCUT2D eigenvalue weighted by molar-refractivity contribution is -0.126. The molecule has 1 unspecified atom stereocenters. The van der Waals surface area contributed by atoms with Crippen LogP contribution in [-0.4, -0.2) is 46.6 Å². The number of amides is 2. The average molecular weight is 349 g/mol. The molecular weight excluding hydrogens is 330 g/mol. The Morgan fingerprint density at radius 1 is 1.38 bits per heavy atom. The third-order valence-corrected chi connectivity index (χ3v) is 4.35. The van der Waals surface area contributed by atoms with Gasteiger partial charge in [-0.1, -0.05) is 13.0 Å². The van der Waals surface area contributed by atoms with Gasteiger partial charge in [0, 0.05) is 13.5 Å². The van der Waals surface area contributed by atoms with Crippen molar-refractivity contribution in [1.82, 2.24) is 15.1 Å². The fourth-order valence-corrected chi connectivity index (χ4v) is 3.19. The smallest absolute Gasteiger partial charge is 0.248 e. The van der Waals surface area contributed by atoms with Gasteiger partial charge in [0.25, 0.3) is 0 Å². The summed E-state index contributed by atoms with van der Waals surface area (Å²) < 4.78 is 10.7. The van der Waals surface area contributed by atoms with Crippen molar-refractivity contribution in [1.29, 1.82) is 0 Å². The standard InChI is InChI=1S/C16H19N3O4S/c1-3-6-18-14(21)8-19(16(18)24)15(17-10(2)20)11-4-5-12-13(7-11)23-9-22-12/h4-5,7,15H,3,6,8-9H2,1-2H3,(H,17,20). The second kappa shape index (κ2) is 6.64. The van der Waals surface area contributed by atoms with Crippen LogP contribution in [0.4, 0.5) is 0 Å². The van der Waals surface area contributed by atoms with Crippen LogP contribution >= 0.6 is 12.2 Å². The van der Waals surface area contributed by atoms with Crippen molar-refractivity contribution in [2.24, 2.45) is 0 Å². The third kappa shape index (κ3) is 3.01. The van der Waals surface area contributed by atoms with Crippen molar-refractivity contribution in [3.8, 4) is 11.5 Å². The Balaban J connectivity index is 1.91. The van der Waals surface area contributed by atoms with E-state index in [1.54, 1.807) is 21.9 Å². The zero-order chi connectivity index (χ0) is 17.3.